The van der Waals surface area contributed by atoms with Crippen molar-refractivity contribution in [2.75, 3.05) is 6.61 Å². The monoisotopic (exact) mass is 552 g/mol. The number of aliphatic hydroxyl groups is 2. The summed E-state index contributed by atoms with van der Waals surface area (Å²) in [6.07, 6.45) is -0.309. The molecule has 4 N–H and O–H groups in total. The van der Waals surface area contributed by atoms with Crippen LogP contribution >= 0.6 is 23.2 Å². The third-order valence-electron chi connectivity index (χ3n) is 7.69. The Kier molecular flexibility index (Phi) is 7.00. The van der Waals surface area contributed by atoms with E-state index in [2.05, 4.69) is 10.6 Å². The molecule has 2 amide bonds. The molecule has 1 heterocycles. The number of carbonyl (C=O) groups excluding carboxylic acids is 2. The van der Waals surface area contributed by atoms with E-state index in [1.807, 2.05) is 0 Å². The van der Waals surface area contributed by atoms with Crippen LogP contribution in [0, 0.1) is 5.82 Å². The van der Waals surface area contributed by atoms with Crippen molar-refractivity contribution in [1.82, 2.24) is 10.6 Å². The molecule has 8 nitrogen and oxygen atoms in total. The molecular weight excluding hydrogens is 526 g/mol. The van der Waals surface area contributed by atoms with E-state index in [1.54, 1.807) is 18.2 Å². The van der Waals surface area contributed by atoms with Crippen LogP contribution < -0.4 is 20.1 Å². The number of nitrogens with one attached hydrogen (secondary N) is 2. The van der Waals surface area contributed by atoms with Crippen LogP contribution in [0.25, 0.3) is 0 Å². The number of rotatable bonds is 6. The molecule has 2 aromatic rings. The van der Waals surface area contributed by atoms with E-state index in [4.69, 9.17) is 32.7 Å². The Morgan fingerprint density at radius 2 is 1.84 bits per heavy atom. The molecule has 11 heteroatoms. The SMILES string of the molecule is O=C(COc1ccc(Cl)c(F)c1)NC12CCC(NC(=O)[C@@H]3C[C@H](O)c4cc(Cl)ccc4O3)(CC1)[C@@H](O)C2. The Bertz CT molecular complexity index is 1220. The average Bonchev–Trinajstić information content (AvgIpc) is 2.86. The predicted molar refractivity (Wildman–Crippen MR) is 133 cm³/mol. The van der Waals surface area contributed by atoms with Gasteiger partial charge in [-0.2, -0.15) is 0 Å². The van der Waals surface area contributed by atoms with Crippen LogP contribution in [0.4, 0.5) is 4.39 Å². The minimum atomic E-state index is -0.909. The van der Waals surface area contributed by atoms with Gasteiger partial charge < -0.3 is 30.3 Å². The van der Waals surface area contributed by atoms with Gasteiger partial charge in [0.05, 0.1) is 22.8 Å². The first-order valence-corrected chi connectivity index (χ1v) is 12.9. The van der Waals surface area contributed by atoms with Crippen molar-refractivity contribution in [3.05, 3.63) is 57.8 Å². The summed E-state index contributed by atoms with van der Waals surface area (Å²) in [6.45, 7) is -0.311. The summed E-state index contributed by atoms with van der Waals surface area (Å²) >= 11 is 11.7. The molecule has 0 unspecified atom stereocenters. The Balaban J connectivity index is 1.17. The summed E-state index contributed by atoms with van der Waals surface area (Å²) in [7, 11) is 0. The van der Waals surface area contributed by atoms with Gasteiger partial charge in [0.15, 0.2) is 12.7 Å². The van der Waals surface area contributed by atoms with Crippen LogP contribution in [0.15, 0.2) is 36.4 Å². The number of hydrogen-bond donors (Lipinski definition) is 4. The second-order valence-electron chi connectivity index (χ2n) is 10.1. The molecule has 3 fully saturated rings. The molecule has 0 radical (unpaired) electrons. The number of ether oxygens (including phenoxy) is 2. The molecular formula is C26H27Cl2FN2O6. The van der Waals surface area contributed by atoms with Crippen molar-refractivity contribution in [3.63, 3.8) is 0 Å². The van der Waals surface area contributed by atoms with Gasteiger partial charge in [0.1, 0.15) is 17.3 Å². The smallest absolute Gasteiger partial charge is 0.261 e. The van der Waals surface area contributed by atoms with Crippen LogP contribution in [-0.4, -0.2) is 51.9 Å². The van der Waals surface area contributed by atoms with Crippen molar-refractivity contribution in [1.29, 1.82) is 0 Å². The molecule has 3 aliphatic carbocycles. The van der Waals surface area contributed by atoms with Crippen LogP contribution in [0.1, 0.15) is 50.2 Å². The number of aliphatic hydroxyl groups excluding tert-OH is 2. The lowest BCUT2D eigenvalue weighted by Gasteiger charge is -2.56. The van der Waals surface area contributed by atoms with E-state index in [0.717, 1.165) is 6.07 Å². The number of fused-ring (bicyclic) bond motifs is 4. The maximum Gasteiger partial charge on any atom is 0.261 e. The molecule has 1 aliphatic heterocycles. The summed E-state index contributed by atoms with van der Waals surface area (Å²) in [4.78, 5) is 25.7. The fraction of sp³-hybridized carbons (Fsp3) is 0.462. The van der Waals surface area contributed by atoms with Gasteiger partial charge in [0.2, 0.25) is 0 Å². The van der Waals surface area contributed by atoms with E-state index in [0.29, 0.717) is 42.0 Å². The average molecular weight is 553 g/mol. The molecule has 2 aromatic carbocycles. The lowest BCUT2D eigenvalue weighted by molar-refractivity contribution is -0.141. The summed E-state index contributed by atoms with van der Waals surface area (Å²) in [5.74, 6) is -0.839. The molecule has 198 valence electrons. The number of hydrogen-bond acceptors (Lipinski definition) is 6. The first-order chi connectivity index (χ1) is 17.6. The minimum absolute atomic E-state index is 0.0365. The molecule has 0 aromatic heterocycles. The van der Waals surface area contributed by atoms with Gasteiger partial charge in [-0.3, -0.25) is 9.59 Å². The molecule has 3 saturated carbocycles. The fourth-order valence-corrected chi connectivity index (χ4v) is 5.91. The van der Waals surface area contributed by atoms with Crippen molar-refractivity contribution in [2.24, 2.45) is 0 Å². The summed E-state index contributed by atoms with van der Waals surface area (Å²) in [5, 5.41) is 27.9. The summed E-state index contributed by atoms with van der Waals surface area (Å²) < 4.78 is 24.8. The van der Waals surface area contributed by atoms with Gasteiger partial charge in [0.25, 0.3) is 11.8 Å². The van der Waals surface area contributed by atoms with Gasteiger partial charge in [0, 0.05) is 28.6 Å². The van der Waals surface area contributed by atoms with Crippen molar-refractivity contribution < 1.29 is 33.7 Å². The highest BCUT2D eigenvalue weighted by molar-refractivity contribution is 6.31. The zero-order chi connectivity index (χ0) is 26.4. The lowest BCUT2D eigenvalue weighted by Crippen LogP contribution is -2.71. The van der Waals surface area contributed by atoms with E-state index in [9.17, 15) is 24.2 Å². The first kappa shape index (κ1) is 26.0. The molecule has 37 heavy (non-hydrogen) atoms. The second kappa shape index (κ2) is 9.94. The van der Waals surface area contributed by atoms with Crippen molar-refractivity contribution in [3.8, 4) is 11.5 Å². The van der Waals surface area contributed by atoms with Gasteiger partial charge in [-0.05, 0) is 62.4 Å². The zero-order valence-electron chi connectivity index (χ0n) is 19.8. The normalized spacial score (nSPS) is 30.1. The quantitative estimate of drug-likeness (QED) is 0.436. The Labute approximate surface area is 223 Å². The zero-order valence-corrected chi connectivity index (χ0v) is 21.3. The number of halogens is 3. The topological polar surface area (TPSA) is 117 Å². The van der Waals surface area contributed by atoms with Crippen molar-refractivity contribution in [2.45, 2.75) is 67.9 Å². The van der Waals surface area contributed by atoms with Crippen LogP contribution in [0.3, 0.4) is 0 Å². The second-order valence-corrected chi connectivity index (χ2v) is 10.9. The Morgan fingerprint density at radius 3 is 2.54 bits per heavy atom. The fourth-order valence-electron chi connectivity index (χ4n) is 5.61. The summed E-state index contributed by atoms with van der Waals surface area (Å²) in [5.41, 5.74) is -0.918. The number of benzene rings is 2. The van der Waals surface area contributed by atoms with Gasteiger partial charge in [-0.15, -0.1) is 0 Å². The summed E-state index contributed by atoms with van der Waals surface area (Å²) in [6, 6.07) is 8.81. The van der Waals surface area contributed by atoms with E-state index < -0.39 is 41.1 Å². The highest BCUT2D eigenvalue weighted by Crippen LogP contribution is 2.47. The van der Waals surface area contributed by atoms with Gasteiger partial charge >= 0.3 is 0 Å². The van der Waals surface area contributed by atoms with E-state index in [-0.39, 0.29) is 36.1 Å². The van der Waals surface area contributed by atoms with Gasteiger partial charge in [-0.1, -0.05) is 23.2 Å². The molecule has 3 atom stereocenters. The highest BCUT2D eigenvalue weighted by atomic mass is 35.5. The molecule has 6 rings (SSSR count). The van der Waals surface area contributed by atoms with Crippen molar-refractivity contribution >= 4 is 35.0 Å². The maximum absolute atomic E-state index is 13.6. The highest BCUT2D eigenvalue weighted by Gasteiger charge is 2.56. The minimum Gasteiger partial charge on any atom is -0.484 e. The molecule has 4 aliphatic rings. The first-order valence-electron chi connectivity index (χ1n) is 12.1. The van der Waals surface area contributed by atoms with E-state index >= 15 is 0 Å². The van der Waals surface area contributed by atoms with Gasteiger partial charge in [-0.25, -0.2) is 4.39 Å². The van der Waals surface area contributed by atoms with Crippen LogP contribution in [0.2, 0.25) is 10.0 Å². The molecule has 0 saturated heterocycles. The third kappa shape index (κ3) is 5.23. The van der Waals surface area contributed by atoms with E-state index in [1.165, 1.54) is 12.1 Å². The molecule has 2 bridgehead atoms. The Hall–Kier alpha value is -2.59. The third-order valence-corrected chi connectivity index (χ3v) is 8.23. The largest absolute Gasteiger partial charge is 0.484 e. The standard InChI is InChI=1S/C26H27Cl2FN2O6/c27-14-1-4-20-16(9-14)19(32)11-21(37-20)24(35)31-26-7-5-25(6-8-26,12-22(26)33)30-23(34)13-36-15-2-3-17(28)18(29)10-15/h1-4,9-10,19,21-22,32-33H,5-8,11-13H2,(H,30,34)(H,31,35)/t19-,21-,22-,25?,26?/m0/s1. The number of amides is 2. The van der Waals surface area contributed by atoms with Crippen LogP contribution in [0.5, 0.6) is 11.5 Å². The number of carbonyl (C=O) groups is 2. The Morgan fingerprint density at radius 1 is 1.08 bits per heavy atom. The van der Waals surface area contributed by atoms with Crippen LogP contribution in [-0.2, 0) is 9.59 Å². The lowest BCUT2D eigenvalue weighted by atomic mass is 9.59. The predicted octanol–water partition coefficient (Wildman–Crippen LogP) is 3.44. The maximum atomic E-state index is 13.6. The molecule has 0 spiro atoms.